The van der Waals surface area contributed by atoms with E-state index in [1.807, 2.05) is 31.2 Å². The zero-order valence-electron chi connectivity index (χ0n) is 9.85. The van der Waals surface area contributed by atoms with Crippen molar-refractivity contribution < 1.29 is 0 Å². The van der Waals surface area contributed by atoms with Crippen molar-refractivity contribution in [2.75, 3.05) is 12.3 Å². The van der Waals surface area contributed by atoms with E-state index in [-0.39, 0.29) is 0 Å². The second-order valence-corrected chi connectivity index (χ2v) is 4.45. The first-order chi connectivity index (χ1) is 7.77. The molecule has 0 aliphatic carbocycles. The average Bonchev–Trinajstić information content (AvgIpc) is 2.34. The van der Waals surface area contributed by atoms with Gasteiger partial charge < -0.3 is 10.3 Å². The number of hydrogen-bond donors (Lipinski definition) is 0. The van der Waals surface area contributed by atoms with Crippen molar-refractivity contribution in [2.24, 2.45) is 0 Å². The van der Waals surface area contributed by atoms with E-state index in [0.717, 1.165) is 22.9 Å². The molecule has 0 aliphatic rings. The van der Waals surface area contributed by atoms with Gasteiger partial charge in [0.1, 0.15) is 0 Å². The molecule has 0 radical (unpaired) electrons. The van der Waals surface area contributed by atoms with E-state index in [1.54, 1.807) is 11.8 Å². The SMILES string of the molecule is CCC=C(CSc1ccccc1)N([O-])CC. The van der Waals surface area contributed by atoms with Gasteiger partial charge in [0.15, 0.2) is 0 Å². The van der Waals surface area contributed by atoms with Crippen molar-refractivity contribution >= 4 is 11.8 Å². The molecule has 0 N–H and O–H groups in total. The standard InChI is InChI=1S/C13H18NOS/c1-3-8-12(14(15)4-2)11-16-13-9-6-5-7-10-13/h5-10H,3-4,11H2,1-2H3/q-1. The number of benzene rings is 1. The van der Waals surface area contributed by atoms with Crippen LogP contribution in [0.4, 0.5) is 0 Å². The summed E-state index contributed by atoms with van der Waals surface area (Å²) in [5.41, 5.74) is 0.874. The van der Waals surface area contributed by atoms with Gasteiger partial charge in [-0.3, -0.25) is 0 Å². The fraction of sp³-hybridized carbons (Fsp3) is 0.385. The minimum Gasteiger partial charge on any atom is -0.758 e. The molecular weight excluding hydrogens is 218 g/mol. The molecule has 0 heterocycles. The molecule has 0 fully saturated rings. The maximum atomic E-state index is 11.6. The number of thioether (sulfide) groups is 1. The number of nitrogens with zero attached hydrogens (tertiary/aromatic N) is 1. The summed E-state index contributed by atoms with van der Waals surface area (Å²) in [6, 6.07) is 10.2. The van der Waals surface area contributed by atoms with Gasteiger partial charge in [-0.15, -0.1) is 11.8 Å². The van der Waals surface area contributed by atoms with Crippen LogP contribution in [0.25, 0.3) is 0 Å². The molecule has 0 bridgehead atoms. The van der Waals surface area contributed by atoms with Gasteiger partial charge >= 0.3 is 0 Å². The normalized spacial score (nSPS) is 11.6. The summed E-state index contributed by atoms with van der Waals surface area (Å²) in [5.74, 6) is 0.745. The first-order valence-corrected chi connectivity index (χ1v) is 6.58. The van der Waals surface area contributed by atoms with Crippen molar-refractivity contribution in [3.63, 3.8) is 0 Å². The Bertz CT molecular complexity index is 324. The second-order valence-electron chi connectivity index (χ2n) is 3.40. The molecule has 1 aromatic carbocycles. The lowest BCUT2D eigenvalue weighted by Crippen LogP contribution is -2.16. The molecule has 0 unspecified atom stereocenters. The van der Waals surface area contributed by atoms with Gasteiger partial charge in [-0.2, -0.15) is 0 Å². The second kappa shape index (κ2) is 7.36. The molecule has 88 valence electrons. The Morgan fingerprint density at radius 3 is 2.56 bits per heavy atom. The molecule has 3 heteroatoms. The summed E-state index contributed by atoms with van der Waals surface area (Å²) in [4.78, 5) is 1.20. The van der Waals surface area contributed by atoms with Crippen molar-refractivity contribution in [1.29, 1.82) is 0 Å². The average molecular weight is 236 g/mol. The molecule has 1 rings (SSSR count). The largest absolute Gasteiger partial charge is 0.758 e. The van der Waals surface area contributed by atoms with Crippen molar-refractivity contribution in [1.82, 2.24) is 5.06 Å². The van der Waals surface area contributed by atoms with Gasteiger partial charge in [0, 0.05) is 22.9 Å². The zero-order chi connectivity index (χ0) is 11.8. The predicted octanol–water partition coefficient (Wildman–Crippen LogP) is 3.89. The van der Waals surface area contributed by atoms with Crippen LogP contribution in [0.1, 0.15) is 20.3 Å². The molecule has 0 saturated heterocycles. The van der Waals surface area contributed by atoms with Crippen LogP contribution in [0, 0.1) is 5.21 Å². The third-order valence-electron chi connectivity index (χ3n) is 2.18. The van der Waals surface area contributed by atoms with Crippen molar-refractivity contribution in [3.8, 4) is 0 Å². The Hall–Kier alpha value is -0.930. The van der Waals surface area contributed by atoms with E-state index in [1.165, 1.54) is 4.90 Å². The number of rotatable bonds is 6. The van der Waals surface area contributed by atoms with Crippen molar-refractivity contribution in [3.05, 3.63) is 47.3 Å². The molecule has 1 aromatic rings. The molecule has 0 aromatic heterocycles. The molecule has 0 aliphatic heterocycles. The first-order valence-electron chi connectivity index (χ1n) is 5.59. The molecule has 0 atom stereocenters. The summed E-state index contributed by atoms with van der Waals surface area (Å²) in [6.45, 7) is 4.45. The minimum atomic E-state index is 0.515. The fourth-order valence-corrected chi connectivity index (χ4v) is 2.27. The predicted molar refractivity (Wildman–Crippen MR) is 71.3 cm³/mol. The fourth-order valence-electron chi connectivity index (χ4n) is 1.35. The Kier molecular flexibility index (Phi) is 6.04. The van der Waals surface area contributed by atoms with Gasteiger partial charge in [-0.05, 0) is 25.5 Å². The van der Waals surface area contributed by atoms with Crippen LogP contribution in [0.5, 0.6) is 0 Å². The van der Waals surface area contributed by atoms with Crippen LogP contribution in [0.3, 0.4) is 0 Å². The van der Waals surface area contributed by atoms with Crippen LogP contribution < -0.4 is 0 Å². The van der Waals surface area contributed by atoms with Crippen molar-refractivity contribution in [2.45, 2.75) is 25.2 Å². The Morgan fingerprint density at radius 1 is 1.31 bits per heavy atom. The molecule has 0 amide bonds. The van der Waals surface area contributed by atoms with E-state index in [4.69, 9.17) is 0 Å². The van der Waals surface area contributed by atoms with Crippen LogP contribution in [-0.2, 0) is 0 Å². The van der Waals surface area contributed by atoms with Gasteiger partial charge in [-0.25, -0.2) is 0 Å². The highest BCUT2D eigenvalue weighted by molar-refractivity contribution is 7.99. The van der Waals surface area contributed by atoms with E-state index in [9.17, 15) is 5.21 Å². The first kappa shape index (κ1) is 13.1. The lowest BCUT2D eigenvalue weighted by molar-refractivity contribution is 0.495. The molecule has 0 saturated carbocycles. The van der Waals surface area contributed by atoms with Crippen LogP contribution in [0.15, 0.2) is 47.0 Å². The smallest absolute Gasteiger partial charge is 0.0371 e. The van der Waals surface area contributed by atoms with Crippen LogP contribution >= 0.6 is 11.8 Å². The third kappa shape index (κ3) is 4.29. The number of hydroxylamine groups is 2. The maximum absolute atomic E-state index is 11.6. The zero-order valence-corrected chi connectivity index (χ0v) is 10.7. The Labute approximate surface area is 102 Å². The summed E-state index contributed by atoms with van der Waals surface area (Å²) < 4.78 is 0. The summed E-state index contributed by atoms with van der Waals surface area (Å²) in [5, 5.41) is 12.6. The van der Waals surface area contributed by atoms with Gasteiger partial charge in [0.25, 0.3) is 0 Å². The van der Waals surface area contributed by atoms with E-state index in [0.29, 0.717) is 6.54 Å². The molecule has 2 nitrogen and oxygen atoms in total. The highest BCUT2D eigenvalue weighted by atomic mass is 32.2. The number of hydrogen-bond acceptors (Lipinski definition) is 3. The van der Waals surface area contributed by atoms with E-state index < -0.39 is 0 Å². The highest BCUT2D eigenvalue weighted by Gasteiger charge is 1.99. The Morgan fingerprint density at radius 2 is 2.00 bits per heavy atom. The number of allylic oxidation sites excluding steroid dienone is 1. The van der Waals surface area contributed by atoms with Crippen LogP contribution in [-0.4, -0.2) is 17.4 Å². The van der Waals surface area contributed by atoms with Crippen LogP contribution in [0.2, 0.25) is 0 Å². The Balaban J connectivity index is 2.54. The summed E-state index contributed by atoms with van der Waals surface area (Å²) in [6.07, 6.45) is 2.91. The summed E-state index contributed by atoms with van der Waals surface area (Å²) >= 11 is 1.70. The molecule has 16 heavy (non-hydrogen) atoms. The molecule has 0 spiro atoms. The highest BCUT2D eigenvalue weighted by Crippen LogP contribution is 2.21. The lowest BCUT2D eigenvalue weighted by Gasteiger charge is -2.31. The summed E-state index contributed by atoms with van der Waals surface area (Å²) in [7, 11) is 0. The topological polar surface area (TPSA) is 26.3 Å². The van der Waals surface area contributed by atoms with E-state index >= 15 is 0 Å². The maximum Gasteiger partial charge on any atom is 0.0371 e. The quantitative estimate of drug-likeness (QED) is 0.553. The lowest BCUT2D eigenvalue weighted by atomic mass is 10.3. The van der Waals surface area contributed by atoms with Gasteiger partial charge in [-0.1, -0.05) is 31.2 Å². The molecular formula is C13H18NOS-. The minimum absolute atomic E-state index is 0.515. The van der Waals surface area contributed by atoms with Gasteiger partial charge in [0.05, 0.1) is 0 Å². The van der Waals surface area contributed by atoms with Gasteiger partial charge in [0.2, 0.25) is 0 Å². The van der Waals surface area contributed by atoms with E-state index in [2.05, 4.69) is 19.1 Å². The third-order valence-corrected chi connectivity index (χ3v) is 3.22. The monoisotopic (exact) mass is 236 g/mol.